The number of hydrogen-bond acceptors (Lipinski definition) is 5. The molecule has 1 aromatic heterocycles. The van der Waals surface area contributed by atoms with Crippen LogP contribution in [0.3, 0.4) is 0 Å². The van der Waals surface area contributed by atoms with Crippen molar-refractivity contribution in [2.75, 3.05) is 13.7 Å². The van der Waals surface area contributed by atoms with E-state index in [1.807, 2.05) is 13.8 Å². The number of methoxy groups -OCH3 is 1. The lowest BCUT2D eigenvalue weighted by Crippen LogP contribution is -2.39. The smallest absolute Gasteiger partial charge is 0.323 e. The van der Waals surface area contributed by atoms with E-state index >= 15 is 0 Å². The number of nitrogens with one attached hydrogen (secondary N) is 1. The SMILES string of the molecule is COC(=O)[C@@H]1C[C@@H](NC(=O)C(C)C)CN1Cc1sccc1C. The summed E-state index contributed by atoms with van der Waals surface area (Å²) in [4.78, 5) is 27.3. The Hall–Kier alpha value is -1.40. The largest absolute Gasteiger partial charge is 0.468 e. The van der Waals surface area contributed by atoms with E-state index in [-0.39, 0.29) is 29.9 Å². The first-order chi connectivity index (χ1) is 10.4. The maximum Gasteiger partial charge on any atom is 0.323 e. The summed E-state index contributed by atoms with van der Waals surface area (Å²) in [5, 5.41) is 5.09. The molecular formula is C16H24N2O3S. The van der Waals surface area contributed by atoms with Gasteiger partial charge in [-0.3, -0.25) is 14.5 Å². The van der Waals surface area contributed by atoms with Gasteiger partial charge in [0.25, 0.3) is 0 Å². The first-order valence-electron chi connectivity index (χ1n) is 7.57. The molecule has 2 rings (SSSR count). The van der Waals surface area contributed by atoms with Crippen LogP contribution in [0.2, 0.25) is 0 Å². The van der Waals surface area contributed by atoms with Crippen molar-refractivity contribution < 1.29 is 14.3 Å². The molecule has 0 aliphatic carbocycles. The van der Waals surface area contributed by atoms with Gasteiger partial charge in [0, 0.05) is 29.9 Å². The number of esters is 1. The van der Waals surface area contributed by atoms with E-state index in [2.05, 4.69) is 28.6 Å². The van der Waals surface area contributed by atoms with Crippen molar-refractivity contribution in [2.45, 2.75) is 45.8 Å². The lowest BCUT2D eigenvalue weighted by Gasteiger charge is -2.21. The molecule has 122 valence electrons. The van der Waals surface area contributed by atoms with E-state index in [0.717, 1.165) is 6.54 Å². The standard InChI is InChI=1S/C16H24N2O3S/c1-10(2)15(19)17-12-7-13(16(20)21-4)18(8-12)9-14-11(3)5-6-22-14/h5-6,10,12-13H,7-9H2,1-4H3,(H,17,19)/t12-,13+/m1/s1. The molecule has 1 saturated heterocycles. The molecule has 1 aliphatic rings. The lowest BCUT2D eigenvalue weighted by atomic mass is 10.1. The summed E-state index contributed by atoms with van der Waals surface area (Å²) in [6.07, 6.45) is 0.607. The highest BCUT2D eigenvalue weighted by Crippen LogP contribution is 2.25. The highest BCUT2D eigenvalue weighted by molar-refractivity contribution is 7.10. The molecule has 0 saturated carbocycles. The molecule has 0 unspecified atom stereocenters. The predicted octanol–water partition coefficient (Wildman–Crippen LogP) is 1.94. The van der Waals surface area contributed by atoms with Crippen LogP contribution in [0, 0.1) is 12.8 Å². The first-order valence-corrected chi connectivity index (χ1v) is 8.45. The van der Waals surface area contributed by atoms with E-state index in [4.69, 9.17) is 4.74 Å². The van der Waals surface area contributed by atoms with Crippen LogP contribution in [0.1, 0.15) is 30.7 Å². The van der Waals surface area contributed by atoms with Crippen LogP contribution in [0.4, 0.5) is 0 Å². The second-order valence-corrected chi connectivity index (χ2v) is 7.09. The van der Waals surface area contributed by atoms with Gasteiger partial charge in [-0.1, -0.05) is 13.8 Å². The molecule has 1 amide bonds. The van der Waals surface area contributed by atoms with Gasteiger partial charge in [-0.15, -0.1) is 11.3 Å². The fourth-order valence-corrected chi connectivity index (χ4v) is 3.61. The van der Waals surface area contributed by atoms with Crippen LogP contribution < -0.4 is 5.32 Å². The average Bonchev–Trinajstić information content (AvgIpc) is 3.05. The Balaban J connectivity index is 2.07. The molecule has 0 aromatic carbocycles. The first kappa shape index (κ1) is 17.0. The predicted molar refractivity (Wildman–Crippen MR) is 86.7 cm³/mol. The summed E-state index contributed by atoms with van der Waals surface area (Å²) in [7, 11) is 1.41. The third-order valence-corrected chi connectivity index (χ3v) is 5.07. The highest BCUT2D eigenvalue weighted by Gasteiger charge is 2.38. The summed E-state index contributed by atoms with van der Waals surface area (Å²) >= 11 is 1.70. The van der Waals surface area contributed by atoms with Gasteiger partial charge in [0.15, 0.2) is 0 Å². The third-order valence-electron chi connectivity index (χ3n) is 4.06. The topological polar surface area (TPSA) is 58.6 Å². The molecule has 2 heterocycles. The van der Waals surface area contributed by atoms with Gasteiger partial charge in [-0.2, -0.15) is 0 Å². The summed E-state index contributed by atoms with van der Waals surface area (Å²) < 4.78 is 4.92. The summed E-state index contributed by atoms with van der Waals surface area (Å²) in [6.45, 7) is 7.21. The fraction of sp³-hybridized carbons (Fsp3) is 0.625. The van der Waals surface area contributed by atoms with E-state index in [1.54, 1.807) is 11.3 Å². The van der Waals surface area contributed by atoms with Gasteiger partial charge in [-0.25, -0.2) is 0 Å². The molecule has 6 heteroatoms. The second-order valence-electron chi connectivity index (χ2n) is 6.09. The number of rotatable bonds is 5. The number of carbonyl (C=O) groups excluding carboxylic acids is 2. The van der Waals surface area contributed by atoms with Crippen LogP contribution in [0.15, 0.2) is 11.4 Å². The van der Waals surface area contributed by atoms with Crippen molar-refractivity contribution in [3.8, 4) is 0 Å². The monoisotopic (exact) mass is 324 g/mol. The van der Waals surface area contributed by atoms with Crippen LogP contribution in [-0.2, 0) is 20.9 Å². The molecule has 0 spiro atoms. The molecule has 2 atom stereocenters. The number of amides is 1. The van der Waals surface area contributed by atoms with Crippen molar-refractivity contribution in [3.63, 3.8) is 0 Å². The van der Waals surface area contributed by atoms with E-state index in [9.17, 15) is 9.59 Å². The molecule has 1 aromatic rings. The zero-order chi connectivity index (χ0) is 16.3. The summed E-state index contributed by atoms with van der Waals surface area (Å²) in [5.74, 6) is -0.247. The van der Waals surface area contributed by atoms with Crippen molar-refractivity contribution in [3.05, 3.63) is 21.9 Å². The molecule has 1 aliphatic heterocycles. The van der Waals surface area contributed by atoms with Crippen molar-refractivity contribution in [2.24, 2.45) is 5.92 Å². The minimum Gasteiger partial charge on any atom is -0.468 e. The molecule has 0 radical (unpaired) electrons. The van der Waals surface area contributed by atoms with Crippen LogP contribution in [0.25, 0.3) is 0 Å². The van der Waals surface area contributed by atoms with Crippen LogP contribution in [-0.4, -0.2) is 42.5 Å². The average molecular weight is 324 g/mol. The molecule has 22 heavy (non-hydrogen) atoms. The molecular weight excluding hydrogens is 300 g/mol. The lowest BCUT2D eigenvalue weighted by molar-refractivity contribution is -0.146. The fourth-order valence-electron chi connectivity index (χ4n) is 2.68. The van der Waals surface area contributed by atoms with Crippen molar-refractivity contribution in [1.29, 1.82) is 0 Å². The minimum atomic E-state index is -0.288. The Kier molecular flexibility index (Phi) is 5.58. The van der Waals surface area contributed by atoms with Crippen molar-refractivity contribution in [1.82, 2.24) is 10.2 Å². The number of thiophene rings is 1. The maximum absolute atomic E-state index is 12.0. The number of ether oxygens (including phenoxy) is 1. The Morgan fingerprint density at radius 2 is 2.23 bits per heavy atom. The molecule has 5 nitrogen and oxygen atoms in total. The third kappa shape index (κ3) is 3.87. The zero-order valence-electron chi connectivity index (χ0n) is 13.6. The summed E-state index contributed by atoms with van der Waals surface area (Å²) in [6, 6.07) is 1.80. The number of aryl methyl sites for hydroxylation is 1. The Labute approximate surface area is 135 Å². The van der Waals surface area contributed by atoms with Crippen LogP contribution >= 0.6 is 11.3 Å². The van der Waals surface area contributed by atoms with E-state index in [1.165, 1.54) is 17.6 Å². The number of carbonyl (C=O) groups is 2. The van der Waals surface area contributed by atoms with Gasteiger partial charge in [0.05, 0.1) is 7.11 Å². The molecule has 1 fully saturated rings. The van der Waals surface area contributed by atoms with Gasteiger partial charge in [0.1, 0.15) is 6.04 Å². The number of likely N-dealkylation sites (tertiary alicyclic amines) is 1. The van der Waals surface area contributed by atoms with Gasteiger partial charge >= 0.3 is 5.97 Å². The van der Waals surface area contributed by atoms with Crippen LogP contribution in [0.5, 0.6) is 0 Å². The van der Waals surface area contributed by atoms with Gasteiger partial charge < -0.3 is 10.1 Å². The second kappa shape index (κ2) is 7.24. The number of hydrogen-bond donors (Lipinski definition) is 1. The normalized spacial score (nSPS) is 22.0. The Morgan fingerprint density at radius 1 is 1.50 bits per heavy atom. The molecule has 0 bridgehead atoms. The maximum atomic E-state index is 12.0. The van der Waals surface area contributed by atoms with Crippen molar-refractivity contribution >= 4 is 23.2 Å². The summed E-state index contributed by atoms with van der Waals surface area (Å²) in [5.41, 5.74) is 1.24. The molecule has 1 N–H and O–H groups in total. The highest BCUT2D eigenvalue weighted by atomic mass is 32.1. The zero-order valence-corrected chi connectivity index (χ0v) is 14.4. The Bertz CT molecular complexity index is 541. The van der Waals surface area contributed by atoms with Gasteiger partial charge in [0.2, 0.25) is 5.91 Å². The van der Waals surface area contributed by atoms with E-state index in [0.29, 0.717) is 13.0 Å². The van der Waals surface area contributed by atoms with E-state index < -0.39 is 0 Å². The van der Waals surface area contributed by atoms with Gasteiger partial charge in [-0.05, 0) is 30.4 Å². The quantitative estimate of drug-likeness (QED) is 0.841. The minimum absolute atomic E-state index is 0.000677. The Morgan fingerprint density at radius 3 is 2.77 bits per heavy atom. The number of nitrogens with zero attached hydrogens (tertiary/aromatic N) is 1.